The molecule has 2 fully saturated rings. The molecule has 130 valence electrons. The molecule has 0 aromatic heterocycles. The summed E-state index contributed by atoms with van der Waals surface area (Å²) in [6.45, 7) is 9.53. The molecule has 1 amide bonds. The fraction of sp³-hybridized carbons (Fsp3) is 0.882. The van der Waals surface area contributed by atoms with Crippen LogP contribution in [-0.4, -0.2) is 85.7 Å². The number of rotatable bonds is 5. The number of nitriles is 1. The predicted octanol–water partition coefficient (Wildman–Crippen LogP) is 0.790. The SMILES string of the molecule is CO[C@H]1CCCN(CC(=O)N2CCN([C@H](C#N)C(C)C)CC2)C1. The van der Waals surface area contributed by atoms with Crippen molar-refractivity contribution in [3.63, 3.8) is 0 Å². The van der Waals surface area contributed by atoms with Crippen molar-refractivity contribution in [2.45, 2.75) is 38.8 Å². The van der Waals surface area contributed by atoms with Gasteiger partial charge in [0.25, 0.3) is 0 Å². The van der Waals surface area contributed by atoms with Crippen molar-refractivity contribution in [2.24, 2.45) is 5.92 Å². The number of likely N-dealkylation sites (tertiary alicyclic amines) is 1. The van der Waals surface area contributed by atoms with E-state index in [4.69, 9.17) is 4.74 Å². The molecule has 0 radical (unpaired) electrons. The molecule has 2 rings (SSSR count). The van der Waals surface area contributed by atoms with Gasteiger partial charge in [-0.2, -0.15) is 5.26 Å². The molecule has 0 bridgehead atoms. The van der Waals surface area contributed by atoms with Crippen molar-refractivity contribution in [2.75, 3.05) is 52.9 Å². The van der Waals surface area contributed by atoms with Crippen LogP contribution in [0.5, 0.6) is 0 Å². The van der Waals surface area contributed by atoms with E-state index < -0.39 is 0 Å². The standard InChI is InChI=1S/C17H30N4O2/c1-14(2)16(11-18)20-7-9-21(10-8-20)17(22)13-19-6-4-5-15(12-19)23-3/h14-16H,4-10,12-13H2,1-3H3/t15-,16+/m0/s1. The zero-order valence-electron chi connectivity index (χ0n) is 14.7. The number of ether oxygens (including phenoxy) is 1. The lowest BCUT2D eigenvalue weighted by Crippen LogP contribution is -2.55. The van der Waals surface area contributed by atoms with Gasteiger partial charge < -0.3 is 9.64 Å². The summed E-state index contributed by atoms with van der Waals surface area (Å²) < 4.78 is 5.42. The molecule has 2 aliphatic rings. The fourth-order valence-corrected chi connectivity index (χ4v) is 3.54. The number of piperazine rings is 1. The van der Waals surface area contributed by atoms with Crippen molar-refractivity contribution < 1.29 is 9.53 Å². The minimum Gasteiger partial charge on any atom is -0.380 e. The van der Waals surface area contributed by atoms with Gasteiger partial charge in [0.05, 0.1) is 18.7 Å². The van der Waals surface area contributed by atoms with Gasteiger partial charge in [-0.25, -0.2) is 0 Å². The Balaban J connectivity index is 1.78. The number of piperidine rings is 1. The average molecular weight is 322 g/mol. The second-order valence-electron chi connectivity index (χ2n) is 6.97. The van der Waals surface area contributed by atoms with E-state index in [-0.39, 0.29) is 18.1 Å². The highest BCUT2D eigenvalue weighted by molar-refractivity contribution is 5.78. The first-order valence-electron chi connectivity index (χ1n) is 8.71. The molecule has 2 atom stereocenters. The molecule has 0 aromatic carbocycles. The molecular formula is C17H30N4O2. The van der Waals surface area contributed by atoms with E-state index in [2.05, 4.69) is 29.7 Å². The summed E-state index contributed by atoms with van der Waals surface area (Å²) >= 11 is 0. The number of hydrogen-bond acceptors (Lipinski definition) is 5. The Labute approximate surface area is 140 Å². The fourth-order valence-electron chi connectivity index (χ4n) is 3.54. The topological polar surface area (TPSA) is 59.8 Å². The predicted molar refractivity (Wildman–Crippen MR) is 88.9 cm³/mol. The summed E-state index contributed by atoms with van der Waals surface area (Å²) in [6.07, 6.45) is 2.44. The summed E-state index contributed by atoms with van der Waals surface area (Å²) in [5, 5.41) is 9.30. The zero-order valence-corrected chi connectivity index (χ0v) is 14.7. The minimum absolute atomic E-state index is 0.0446. The number of nitrogens with zero attached hydrogens (tertiary/aromatic N) is 4. The minimum atomic E-state index is -0.0446. The van der Waals surface area contributed by atoms with Crippen LogP contribution < -0.4 is 0 Å². The lowest BCUT2D eigenvalue weighted by atomic mass is 10.0. The van der Waals surface area contributed by atoms with Crippen LogP contribution in [0.25, 0.3) is 0 Å². The molecule has 2 saturated heterocycles. The lowest BCUT2D eigenvalue weighted by Gasteiger charge is -2.39. The third-order valence-corrected chi connectivity index (χ3v) is 4.98. The van der Waals surface area contributed by atoms with Crippen molar-refractivity contribution in [1.29, 1.82) is 5.26 Å². The third-order valence-electron chi connectivity index (χ3n) is 4.98. The smallest absolute Gasteiger partial charge is 0.236 e. The third kappa shape index (κ3) is 4.90. The van der Waals surface area contributed by atoms with Crippen molar-refractivity contribution in [1.82, 2.24) is 14.7 Å². The largest absolute Gasteiger partial charge is 0.380 e. The van der Waals surface area contributed by atoms with E-state index in [1.54, 1.807) is 7.11 Å². The van der Waals surface area contributed by atoms with Crippen LogP contribution in [-0.2, 0) is 9.53 Å². The molecule has 0 aliphatic carbocycles. The van der Waals surface area contributed by atoms with E-state index in [0.29, 0.717) is 12.5 Å². The van der Waals surface area contributed by atoms with Crippen LogP contribution >= 0.6 is 0 Å². The van der Waals surface area contributed by atoms with Gasteiger partial charge >= 0.3 is 0 Å². The second kappa shape index (κ2) is 8.62. The first-order chi connectivity index (χ1) is 11.0. The van der Waals surface area contributed by atoms with E-state index in [1.807, 2.05) is 4.90 Å². The van der Waals surface area contributed by atoms with Gasteiger partial charge in [-0.3, -0.25) is 14.6 Å². The van der Waals surface area contributed by atoms with Gasteiger partial charge in [0.15, 0.2) is 0 Å². The Bertz CT molecular complexity index is 427. The summed E-state index contributed by atoms with van der Waals surface area (Å²) in [6, 6.07) is 2.35. The van der Waals surface area contributed by atoms with Crippen molar-refractivity contribution in [3.8, 4) is 6.07 Å². The Hall–Kier alpha value is -1.16. The van der Waals surface area contributed by atoms with Crippen LogP contribution in [0, 0.1) is 17.2 Å². The van der Waals surface area contributed by atoms with E-state index >= 15 is 0 Å². The summed E-state index contributed by atoms with van der Waals surface area (Å²) in [5.41, 5.74) is 0. The van der Waals surface area contributed by atoms with Crippen LogP contribution in [0.2, 0.25) is 0 Å². The quantitative estimate of drug-likeness (QED) is 0.749. The van der Waals surface area contributed by atoms with Gasteiger partial charge in [0, 0.05) is 39.8 Å². The van der Waals surface area contributed by atoms with E-state index in [9.17, 15) is 10.1 Å². The highest BCUT2D eigenvalue weighted by Crippen LogP contribution is 2.15. The normalized spacial score (nSPS) is 25.3. The van der Waals surface area contributed by atoms with Crippen LogP contribution in [0.1, 0.15) is 26.7 Å². The van der Waals surface area contributed by atoms with Crippen LogP contribution in [0.15, 0.2) is 0 Å². The van der Waals surface area contributed by atoms with Crippen molar-refractivity contribution in [3.05, 3.63) is 0 Å². The molecule has 23 heavy (non-hydrogen) atoms. The molecule has 2 heterocycles. The zero-order chi connectivity index (χ0) is 16.8. The Morgan fingerprint density at radius 3 is 2.52 bits per heavy atom. The number of carbonyl (C=O) groups excluding carboxylic acids is 1. The van der Waals surface area contributed by atoms with Gasteiger partial charge in [-0.05, 0) is 25.3 Å². The first kappa shape index (κ1) is 18.2. The molecule has 0 N–H and O–H groups in total. The number of amides is 1. The molecule has 0 spiro atoms. The Morgan fingerprint density at radius 2 is 1.96 bits per heavy atom. The highest BCUT2D eigenvalue weighted by atomic mass is 16.5. The maximum atomic E-state index is 12.5. The van der Waals surface area contributed by atoms with Gasteiger partial charge in [0.1, 0.15) is 6.04 Å². The number of methoxy groups -OCH3 is 1. The van der Waals surface area contributed by atoms with Crippen molar-refractivity contribution >= 4 is 5.91 Å². The van der Waals surface area contributed by atoms with Crippen LogP contribution in [0.4, 0.5) is 0 Å². The molecule has 6 heteroatoms. The Kier molecular flexibility index (Phi) is 6.82. The summed E-state index contributed by atoms with van der Waals surface area (Å²) in [4.78, 5) is 18.9. The van der Waals surface area contributed by atoms with Crippen LogP contribution in [0.3, 0.4) is 0 Å². The molecule has 6 nitrogen and oxygen atoms in total. The Morgan fingerprint density at radius 1 is 1.26 bits per heavy atom. The van der Waals surface area contributed by atoms with Gasteiger partial charge in [-0.1, -0.05) is 13.8 Å². The number of hydrogen-bond donors (Lipinski definition) is 0. The molecule has 0 aromatic rings. The average Bonchev–Trinajstić information content (AvgIpc) is 2.56. The molecule has 0 unspecified atom stereocenters. The molecule has 0 saturated carbocycles. The second-order valence-corrected chi connectivity index (χ2v) is 6.97. The summed E-state index contributed by atoms with van der Waals surface area (Å²) in [7, 11) is 1.75. The molecule has 2 aliphatic heterocycles. The monoisotopic (exact) mass is 322 g/mol. The van der Waals surface area contributed by atoms with E-state index in [0.717, 1.165) is 52.1 Å². The van der Waals surface area contributed by atoms with Gasteiger partial charge in [-0.15, -0.1) is 0 Å². The number of carbonyl (C=O) groups is 1. The summed E-state index contributed by atoms with van der Waals surface area (Å²) in [5.74, 6) is 0.529. The lowest BCUT2D eigenvalue weighted by molar-refractivity contribution is -0.135. The van der Waals surface area contributed by atoms with E-state index in [1.165, 1.54) is 0 Å². The first-order valence-corrected chi connectivity index (χ1v) is 8.71. The van der Waals surface area contributed by atoms with Gasteiger partial charge in [0.2, 0.25) is 5.91 Å². The maximum absolute atomic E-state index is 12.5. The molecular weight excluding hydrogens is 292 g/mol. The highest BCUT2D eigenvalue weighted by Gasteiger charge is 2.29. The maximum Gasteiger partial charge on any atom is 0.236 e.